The number of carbonyl (C=O) groups is 1. The lowest BCUT2D eigenvalue weighted by molar-refractivity contribution is 0.0685. The summed E-state index contributed by atoms with van der Waals surface area (Å²) in [4.78, 5) is 22.9. The van der Waals surface area contributed by atoms with Gasteiger partial charge in [-0.1, -0.05) is 0 Å². The van der Waals surface area contributed by atoms with E-state index in [-0.39, 0.29) is 5.69 Å². The van der Waals surface area contributed by atoms with Gasteiger partial charge in [0.2, 0.25) is 0 Å². The van der Waals surface area contributed by atoms with Crippen LogP contribution in [0.2, 0.25) is 0 Å². The summed E-state index contributed by atoms with van der Waals surface area (Å²) in [6.07, 6.45) is 1.50. The SMILES string of the molecule is Cn1c(C(=O)O)cc(=O)n2nc(-c3ccco3)cc12. The number of rotatable bonds is 2. The Kier molecular flexibility index (Phi) is 2.28. The summed E-state index contributed by atoms with van der Waals surface area (Å²) in [5.74, 6) is -0.650. The van der Waals surface area contributed by atoms with Gasteiger partial charge in [-0.25, -0.2) is 4.79 Å². The van der Waals surface area contributed by atoms with Crippen LogP contribution in [0, 0.1) is 0 Å². The molecule has 0 aliphatic carbocycles. The summed E-state index contributed by atoms with van der Waals surface area (Å²) in [5, 5.41) is 13.1. The van der Waals surface area contributed by atoms with Crippen molar-refractivity contribution in [3.8, 4) is 11.5 Å². The number of carboxylic acid groups (broad SMARTS) is 1. The molecule has 1 N–H and O–H groups in total. The van der Waals surface area contributed by atoms with E-state index in [9.17, 15) is 9.59 Å². The fourth-order valence-corrected chi connectivity index (χ4v) is 1.92. The number of aromatic nitrogens is 3. The largest absolute Gasteiger partial charge is 0.477 e. The number of aromatic carboxylic acids is 1. The van der Waals surface area contributed by atoms with E-state index in [4.69, 9.17) is 9.52 Å². The molecule has 0 atom stereocenters. The smallest absolute Gasteiger partial charge is 0.352 e. The molecule has 7 heteroatoms. The third kappa shape index (κ3) is 1.63. The third-order valence-electron chi connectivity index (χ3n) is 2.86. The molecule has 0 radical (unpaired) electrons. The van der Waals surface area contributed by atoms with Crippen molar-refractivity contribution in [2.75, 3.05) is 0 Å². The highest BCUT2D eigenvalue weighted by atomic mass is 16.4. The minimum absolute atomic E-state index is 0.0941. The summed E-state index contributed by atoms with van der Waals surface area (Å²) in [5.41, 5.74) is 0.267. The van der Waals surface area contributed by atoms with Crippen LogP contribution in [-0.4, -0.2) is 25.3 Å². The van der Waals surface area contributed by atoms with Crippen molar-refractivity contribution < 1.29 is 14.3 Å². The molecule has 96 valence electrons. The van der Waals surface area contributed by atoms with Crippen molar-refractivity contribution in [1.29, 1.82) is 0 Å². The Morgan fingerprint density at radius 2 is 2.21 bits per heavy atom. The van der Waals surface area contributed by atoms with Crippen LogP contribution < -0.4 is 5.56 Å². The molecule has 0 amide bonds. The summed E-state index contributed by atoms with van der Waals surface area (Å²) in [7, 11) is 1.56. The first-order chi connectivity index (χ1) is 9.08. The van der Waals surface area contributed by atoms with Crippen LogP contribution in [-0.2, 0) is 7.05 Å². The Bertz CT molecular complexity index is 827. The van der Waals surface area contributed by atoms with Crippen molar-refractivity contribution in [3.63, 3.8) is 0 Å². The van der Waals surface area contributed by atoms with E-state index in [1.54, 1.807) is 25.2 Å². The van der Waals surface area contributed by atoms with Crippen LogP contribution in [0.1, 0.15) is 10.5 Å². The molecule has 3 rings (SSSR count). The number of hydrogen-bond acceptors (Lipinski definition) is 4. The van der Waals surface area contributed by atoms with Crippen molar-refractivity contribution in [1.82, 2.24) is 14.2 Å². The maximum absolute atomic E-state index is 11.8. The van der Waals surface area contributed by atoms with Crippen LogP contribution in [0.5, 0.6) is 0 Å². The van der Waals surface area contributed by atoms with Crippen molar-refractivity contribution in [2.24, 2.45) is 7.05 Å². The molecule has 3 heterocycles. The number of nitrogens with zero attached hydrogens (tertiary/aromatic N) is 3. The lowest BCUT2D eigenvalue weighted by atomic mass is 10.3. The molecule has 0 fully saturated rings. The van der Waals surface area contributed by atoms with Gasteiger partial charge >= 0.3 is 5.97 Å². The second-order valence-corrected chi connectivity index (χ2v) is 4.01. The van der Waals surface area contributed by atoms with E-state index >= 15 is 0 Å². The predicted molar refractivity (Wildman–Crippen MR) is 65.1 cm³/mol. The van der Waals surface area contributed by atoms with Crippen LogP contribution in [0.15, 0.2) is 39.7 Å². The quantitative estimate of drug-likeness (QED) is 0.741. The predicted octanol–water partition coefficient (Wildman–Crippen LogP) is 0.991. The highest BCUT2D eigenvalue weighted by Crippen LogP contribution is 2.19. The first-order valence-electron chi connectivity index (χ1n) is 5.45. The standard InChI is InChI=1S/C12H9N3O4/c1-14-8(12(17)18)6-11(16)15-10(14)5-7(13-15)9-3-2-4-19-9/h2-6H,1H3,(H,17,18). The topological polar surface area (TPSA) is 89.7 Å². The number of furan rings is 1. The number of fused-ring (bicyclic) bond motifs is 1. The number of hydrogen-bond donors (Lipinski definition) is 1. The Morgan fingerprint density at radius 3 is 2.84 bits per heavy atom. The molecule has 0 saturated carbocycles. The van der Waals surface area contributed by atoms with Crippen molar-refractivity contribution in [2.45, 2.75) is 0 Å². The van der Waals surface area contributed by atoms with E-state index in [1.807, 2.05) is 0 Å². The Hall–Kier alpha value is -2.83. The van der Waals surface area contributed by atoms with Crippen LogP contribution in [0.4, 0.5) is 0 Å². The fourth-order valence-electron chi connectivity index (χ4n) is 1.92. The lowest BCUT2D eigenvalue weighted by Crippen LogP contribution is -2.21. The molecule has 0 aliphatic heterocycles. The van der Waals surface area contributed by atoms with Gasteiger partial charge in [0.05, 0.1) is 6.26 Å². The van der Waals surface area contributed by atoms with E-state index in [0.29, 0.717) is 17.1 Å². The van der Waals surface area contributed by atoms with Gasteiger partial charge < -0.3 is 14.1 Å². The van der Waals surface area contributed by atoms with Crippen LogP contribution >= 0.6 is 0 Å². The zero-order valence-corrected chi connectivity index (χ0v) is 9.90. The van der Waals surface area contributed by atoms with Crippen molar-refractivity contribution in [3.05, 3.63) is 46.6 Å². The summed E-state index contributed by atoms with van der Waals surface area (Å²) in [6.45, 7) is 0. The second-order valence-electron chi connectivity index (χ2n) is 4.01. The van der Waals surface area contributed by atoms with E-state index in [2.05, 4.69) is 5.10 Å². The summed E-state index contributed by atoms with van der Waals surface area (Å²) in [6, 6.07) is 6.06. The molecule has 3 aromatic heterocycles. The van der Waals surface area contributed by atoms with E-state index in [0.717, 1.165) is 10.6 Å². The molecule has 0 unspecified atom stereocenters. The molecule has 0 aliphatic rings. The van der Waals surface area contributed by atoms with E-state index in [1.165, 1.54) is 10.8 Å². The Labute approximate surface area is 106 Å². The van der Waals surface area contributed by atoms with Gasteiger partial charge in [-0.3, -0.25) is 4.79 Å². The van der Waals surface area contributed by atoms with E-state index < -0.39 is 11.5 Å². The molecule has 0 spiro atoms. The summed E-state index contributed by atoms with van der Waals surface area (Å²) >= 11 is 0. The minimum atomic E-state index is -1.16. The second kappa shape index (κ2) is 3.84. The Balaban J connectivity index is 2.34. The first kappa shape index (κ1) is 11.3. The van der Waals surface area contributed by atoms with Crippen LogP contribution in [0.3, 0.4) is 0 Å². The highest BCUT2D eigenvalue weighted by molar-refractivity contribution is 5.86. The average Bonchev–Trinajstić information content (AvgIpc) is 3.00. The average molecular weight is 259 g/mol. The fraction of sp³-hybridized carbons (Fsp3) is 0.0833. The van der Waals surface area contributed by atoms with Crippen LogP contribution in [0.25, 0.3) is 17.1 Å². The molecular weight excluding hydrogens is 250 g/mol. The molecule has 19 heavy (non-hydrogen) atoms. The maximum atomic E-state index is 11.8. The lowest BCUT2D eigenvalue weighted by Gasteiger charge is -2.05. The number of aryl methyl sites for hydroxylation is 1. The monoisotopic (exact) mass is 259 g/mol. The Morgan fingerprint density at radius 1 is 1.42 bits per heavy atom. The van der Waals surface area contributed by atoms with Crippen molar-refractivity contribution >= 4 is 11.6 Å². The zero-order valence-electron chi connectivity index (χ0n) is 9.90. The van der Waals surface area contributed by atoms with Gasteiger partial charge in [-0.15, -0.1) is 0 Å². The number of carboxylic acids is 1. The third-order valence-corrected chi connectivity index (χ3v) is 2.86. The highest BCUT2D eigenvalue weighted by Gasteiger charge is 2.15. The minimum Gasteiger partial charge on any atom is -0.477 e. The molecule has 0 saturated heterocycles. The van der Waals surface area contributed by atoms with Gasteiger partial charge in [0.1, 0.15) is 17.0 Å². The molecule has 0 aromatic carbocycles. The zero-order chi connectivity index (χ0) is 13.6. The molecular formula is C12H9N3O4. The van der Waals surface area contributed by atoms with Gasteiger partial charge in [-0.05, 0) is 12.1 Å². The van der Waals surface area contributed by atoms with Gasteiger partial charge in [0, 0.05) is 19.2 Å². The maximum Gasteiger partial charge on any atom is 0.352 e. The first-order valence-corrected chi connectivity index (χ1v) is 5.45. The molecule has 0 bridgehead atoms. The summed E-state index contributed by atoms with van der Waals surface area (Å²) < 4.78 is 7.74. The van der Waals surface area contributed by atoms with Gasteiger partial charge in [0.15, 0.2) is 5.76 Å². The van der Waals surface area contributed by atoms with Gasteiger partial charge in [-0.2, -0.15) is 9.61 Å². The molecule has 3 aromatic rings. The van der Waals surface area contributed by atoms with Gasteiger partial charge in [0.25, 0.3) is 5.56 Å². The normalized spacial score (nSPS) is 11.0. The molecule has 7 nitrogen and oxygen atoms in total.